The van der Waals surface area contributed by atoms with Crippen molar-refractivity contribution in [3.8, 4) is 0 Å². The topological polar surface area (TPSA) is 86.8 Å². The average molecular weight is 663 g/mol. The summed E-state index contributed by atoms with van der Waals surface area (Å²) in [5.74, 6) is 1.58. The number of hydrogen-bond acceptors (Lipinski definition) is 4. The van der Waals surface area contributed by atoms with E-state index >= 15 is 0 Å². The maximum Gasteiger partial charge on any atom is 0.244 e. The largest absolute Gasteiger partial charge is 0.352 e. The summed E-state index contributed by atoms with van der Waals surface area (Å²) in [5.41, 5.74) is 2.40. The number of nitrogens with one attached hydrogen (secondary N) is 1. The monoisotopic (exact) mass is 661 g/mol. The molecule has 7 nitrogen and oxygen atoms in total. The van der Waals surface area contributed by atoms with Gasteiger partial charge in [-0.3, -0.25) is 13.9 Å². The van der Waals surface area contributed by atoms with E-state index < -0.39 is 28.5 Å². The van der Waals surface area contributed by atoms with Crippen LogP contribution in [0.3, 0.4) is 0 Å². The van der Waals surface area contributed by atoms with E-state index in [0.717, 1.165) is 34.7 Å². The molecule has 0 aromatic heterocycles. The highest BCUT2D eigenvalue weighted by molar-refractivity contribution is 7.92. The quantitative estimate of drug-likeness (QED) is 0.267. The Kier molecular flexibility index (Phi) is 9.93. The van der Waals surface area contributed by atoms with Crippen LogP contribution in [-0.4, -0.2) is 50.0 Å². The molecule has 1 N–H and O–H groups in total. The van der Waals surface area contributed by atoms with Gasteiger partial charge in [0.1, 0.15) is 12.6 Å². The van der Waals surface area contributed by atoms with E-state index in [0.29, 0.717) is 27.7 Å². The average Bonchev–Trinajstić information content (AvgIpc) is 2.96. The minimum Gasteiger partial charge on any atom is -0.352 e. The maximum absolute atomic E-state index is 14.1. The van der Waals surface area contributed by atoms with Crippen molar-refractivity contribution < 1.29 is 18.0 Å². The second kappa shape index (κ2) is 13.2. The molecular weight excluding hydrogens is 617 g/mol. The minimum atomic E-state index is -3.84. The molecule has 4 aliphatic rings. The Labute approximate surface area is 272 Å². The van der Waals surface area contributed by atoms with Gasteiger partial charge in [0, 0.05) is 28.2 Å². The van der Waals surface area contributed by atoms with E-state index in [9.17, 15) is 18.0 Å². The van der Waals surface area contributed by atoms with Crippen molar-refractivity contribution in [2.24, 2.45) is 17.8 Å². The molecule has 10 heteroatoms. The Balaban J connectivity index is 1.43. The van der Waals surface area contributed by atoms with Crippen LogP contribution in [0.2, 0.25) is 10.0 Å². The van der Waals surface area contributed by atoms with Crippen molar-refractivity contribution in [1.82, 2.24) is 10.2 Å². The standard InChI is InChI=1S/C34H45Cl2N3O4S/c1-5-22(3)37-33(41)31(6-2)38(20-28-29(35)8-7-9-30(28)36)32(40)21-39(44(4,42)43)27-12-10-26(11-13-27)34-17-23-14-24(18-34)16-25(15-23)19-34/h7-13,22-25,31H,5-6,14-21H2,1-4H3,(H,37,41)/t22-,23?,24?,25?,31-,34?/m1/s1. The van der Waals surface area contributed by atoms with Crippen LogP contribution in [-0.2, 0) is 31.6 Å². The van der Waals surface area contributed by atoms with Crippen LogP contribution in [0.5, 0.6) is 0 Å². The molecule has 44 heavy (non-hydrogen) atoms. The summed E-state index contributed by atoms with van der Waals surface area (Å²) in [4.78, 5) is 28.9. The van der Waals surface area contributed by atoms with Crippen LogP contribution in [0.25, 0.3) is 0 Å². The molecule has 0 saturated heterocycles. The van der Waals surface area contributed by atoms with Gasteiger partial charge in [0.05, 0.1) is 11.9 Å². The molecule has 0 heterocycles. The predicted octanol–water partition coefficient (Wildman–Crippen LogP) is 6.95. The fraction of sp³-hybridized carbons (Fsp3) is 0.588. The van der Waals surface area contributed by atoms with Gasteiger partial charge in [-0.2, -0.15) is 0 Å². The molecule has 0 aliphatic heterocycles. The normalized spacial score (nSPS) is 25.4. The van der Waals surface area contributed by atoms with E-state index in [1.54, 1.807) is 18.2 Å². The summed E-state index contributed by atoms with van der Waals surface area (Å²) in [6, 6.07) is 12.0. The third-order valence-electron chi connectivity index (χ3n) is 10.3. The number of sulfonamides is 1. The summed E-state index contributed by atoms with van der Waals surface area (Å²) in [5, 5.41) is 3.71. The molecule has 4 aliphatic carbocycles. The maximum atomic E-state index is 14.1. The van der Waals surface area contributed by atoms with Crippen molar-refractivity contribution in [2.75, 3.05) is 17.1 Å². The molecule has 0 unspecified atom stereocenters. The van der Waals surface area contributed by atoms with Crippen molar-refractivity contribution in [3.63, 3.8) is 0 Å². The van der Waals surface area contributed by atoms with Crippen LogP contribution < -0.4 is 9.62 Å². The third-order valence-corrected chi connectivity index (χ3v) is 12.1. The van der Waals surface area contributed by atoms with Crippen molar-refractivity contribution >= 4 is 50.7 Å². The van der Waals surface area contributed by atoms with Gasteiger partial charge < -0.3 is 10.2 Å². The molecule has 0 radical (unpaired) electrons. The Morgan fingerprint density at radius 3 is 1.95 bits per heavy atom. The summed E-state index contributed by atoms with van der Waals surface area (Å²) in [7, 11) is -3.84. The molecular formula is C34H45Cl2N3O4S. The Bertz CT molecular complexity index is 1420. The molecule has 2 aromatic carbocycles. The number of nitrogens with zero attached hydrogens (tertiary/aromatic N) is 2. The molecule has 0 spiro atoms. The fourth-order valence-corrected chi connectivity index (χ4v) is 9.64. The molecule has 4 fully saturated rings. The van der Waals surface area contributed by atoms with Crippen molar-refractivity contribution in [2.45, 2.75) is 96.2 Å². The molecule has 2 amide bonds. The first-order valence-corrected chi connectivity index (χ1v) is 18.5. The molecule has 6 rings (SSSR count). The van der Waals surface area contributed by atoms with E-state index in [4.69, 9.17) is 23.2 Å². The highest BCUT2D eigenvalue weighted by Gasteiger charge is 2.51. The summed E-state index contributed by atoms with van der Waals surface area (Å²) in [6.07, 6.45) is 9.86. The highest BCUT2D eigenvalue weighted by atomic mass is 35.5. The lowest BCUT2D eigenvalue weighted by molar-refractivity contribution is -0.140. The Hall–Kier alpha value is -2.29. The van der Waals surface area contributed by atoms with Crippen molar-refractivity contribution in [1.29, 1.82) is 0 Å². The number of anilines is 1. The van der Waals surface area contributed by atoms with Gasteiger partial charge in [-0.25, -0.2) is 8.42 Å². The first-order valence-electron chi connectivity index (χ1n) is 15.9. The van der Waals surface area contributed by atoms with Gasteiger partial charge in [-0.05, 0) is 111 Å². The Morgan fingerprint density at radius 1 is 0.932 bits per heavy atom. The molecule has 240 valence electrons. The van der Waals surface area contributed by atoms with E-state index in [-0.39, 0.29) is 23.9 Å². The lowest BCUT2D eigenvalue weighted by Gasteiger charge is -2.57. The van der Waals surface area contributed by atoms with Gasteiger partial charge >= 0.3 is 0 Å². The number of rotatable bonds is 12. The molecule has 2 atom stereocenters. The van der Waals surface area contributed by atoms with Gasteiger partial charge in [0.25, 0.3) is 0 Å². The van der Waals surface area contributed by atoms with Crippen LogP contribution >= 0.6 is 23.2 Å². The zero-order valence-corrected chi connectivity index (χ0v) is 28.5. The number of amides is 2. The highest BCUT2D eigenvalue weighted by Crippen LogP contribution is 2.60. The van der Waals surface area contributed by atoms with E-state index in [1.165, 1.54) is 49.0 Å². The predicted molar refractivity (Wildman–Crippen MR) is 177 cm³/mol. The summed E-state index contributed by atoms with van der Waals surface area (Å²) in [6.45, 7) is 5.21. The van der Waals surface area contributed by atoms with Crippen LogP contribution in [0.1, 0.15) is 83.3 Å². The number of carbonyl (C=O) groups excluding carboxylic acids is 2. The summed E-state index contributed by atoms with van der Waals surface area (Å²) >= 11 is 13.0. The fourth-order valence-electron chi connectivity index (χ4n) is 8.27. The van der Waals surface area contributed by atoms with Gasteiger partial charge in [0.2, 0.25) is 21.8 Å². The first-order chi connectivity index (χ1) is 20.8. The second-order valence-electron chi connectivity index (χ2n) is 13.5. The van der Waals surface area contributed by atoms with E-state index in [2.05, 4.69) is 17.4 Å². The SMILES string of the molecule is CC[C@@H](C)NC(=O)[C@@H](CC)N(Cc1c(Cl)cccc1Cl)C(=O)CN(c1ccc(C23CC4CC(CC(C4)C2)C3)cc1)S(C)(=O)=O. The first kappa shape index (κ1) is 33.1. The number of carbonyl (C=O) groups is 2. The number of hydrogen-bond donors (Lipinski definition) is 1. The van der Waals surface area contributed by atoms with Gasteiger partial charge in [-0.1, -0.05) is 55.2 Å². The summed E-state index contributed by atoms with van der Waals surface area (Å²) < 4.78 is 27.4. The van der Waals surface area contributed by atoms with Crippen LogP contribution in [0.15, 0.2) is 42.5 Å². The molecule has 4 saturated carbocycles. The smallest absolute Gasteiger partial charge is 0.244 e. The number of halogens is 2. The third kappa shape index (κ3) is 6.92. The zero-order chi connectivity index (χ0) is 31.8. The lowest BCUT2D eigenvalue weighted by atomic mass is 9.48. The van der Waals surface area contributed by atoms with E-state index in [1.807, 2.05) is 32.9 Å². The van der Waals surface area contributed by atoms with Gasteiger partial charge in [-0.15, -0.1) is 0 Å². The zero-order valence-electron chi connectivity index (χ0n) is 26.2. The number of benzene rings is 2. The second-order valence-corrected chi connectivity index (χ2v) is 16.2. The molecule has 2 aromatic rings. The van der Waals surface area contributed by atoms with Crippen LogP contribution in [0.4, 0.5) is 5.69 Å². The van der Waals surface area contributed by atoms with Gasteiger partial charge in [0.15, 0.2) is 0 Å². The minimum absolute atomic E-state index is 0.0354. The molecule has 4 bridgehead atoms. The van der Waals surface area contributed by atoms with Crippen LogP contribution in [0, 0.1) is 17.8 Å². The lowest BCUT2D eigenvalue weighted by Crippen LogP contribution is -2.53. The van der Waals surface area contributed by atoms with Crippen molar-refractivity contribution in [3.05, 3.63) is 63.6 Å². The Morgan fingerprint density at radius 2 is 1.48 bits per heavy atom.